The fourth-order valence-corrected chi connectivity index (χ4v) is 4.65. The van der Waals surface area contributed by atoms with Crippen molar-refractivity contribution in [3.63, 3.8) is 0 Å². The Balaban J connectivity index is 2.12. The van der Waals surface area contributed by atoms with Crippen LogP contribution in [0.15, 0.2) is 12.1 Å². The van der Waals surface area contributed by atoms with Crippen molar-refractivity contribution in [3.05, 3.63) is 32.1 Å². The molecule has 0 aliphatic carbocycles. The molecular weight excluding hydrogens is 325 g/mol. The zero-order valence-electron chi connectivity index (χ0n) is 9.88. The van der Waals surface area contributed by atoms with Gasteiger partial charge in [0.15, 0.2) is 0 Å². The predicted molar refractivity (Wildman–Crippen MR) is 82.0 cm³/mol. The Labute approximate surface area is 129 Å². The van der Waals surface area contributed by atoms with Crippen LogP contribution in [0.25, 0.3) is 10.1 Å². The van der Waals surface area contributed by atoms with Gasteiger partial charge < -0.3 is 4.90 Å². The summed E-state index contributed by atoms with van der Waals surface area (Å²) in [6.45, 7) is 1.61. The van der Waals surface area contributed by atoms with E-state index in [1.165, 1.54) is 11.3 Å². The van der Waals surface area contributed by atoms with E-state index >= 15 is 0 Å². The SMILES string of the molecule is O=C(c1sc2cc(Cl)cc(Cl)c2c1Cl)N1CCCC1. The number of hydrogen-bond acceptors (Lipinski definition) is 2. The number of thiophene rings is 1. The highest BCUT2D eigenvalue weighted by Gasteiger charge is 2.25. The lowest BCUT2D eigenvalue weighted by Crippen LogP contribution is -2.26. The van der Waals surface area contributed by atoms with Crippen LogP contribution in [0.4, 0.5) is 0 Å². The maximum atomic E-state index is 12.4. The maximum Gasteiger partial charge on any atom is 0.265 e. The van der Waals surface area contributed by atoms with Crippen molar-refractivity contribution in [1.29, 1.82) is 0 Å². The van der Waals surface area contributed by atoms with E-state index in [4.69, 9.17) is 34.8 Å². The molecule has 2 aromatic rings. The molecule has 0 atom stereocenters. The predicted octanol–water partition coefficient (Wildman–Crippen LogP) is 5.10. The van der Waals surface area contributed by atoms with Gasteiger partial charge in [0.25, 0.3) is 5.91 Å². The average Bonchev–Trinajstić information content (AvgIpc) is 2.96. The van der Waals surface area contributed by atoms with Crippen molar-refractivity contribution in [3.8, 4) is 0 Å². The first kappa shape index (κ1) is 13.5. The highest BCUT2D eigenvalue weighted by molar-refractivity contribution is 7.21. The minimum Gasteiger partial charge on any atom is -0.338 e. The quantitative estimate of drug-likeness (QED) is 0.710. The van der Waals surface area contributed by atoms with Crippen LogP contribution in [-0.4, -0.2) is 23.9 Å². The summed E-state index contributed by atoms with van der Waals surface area (Å²) in [4.78, 5) is 14.8. The van der Waals surface area contributed by atoms with Gasteiger partial charge in [0.1, 0.15) is 4.88 Å². The molecule has 1 aromatic carbocycles. The minimum absolute atomic E-state index is 0.00381. The van der Waals surface area contributed by atoms with Gasteiger partial charge in [-0.2, -0.15) is 0 Å². The molecule has 0 spiro atoms. The van der Waals surface area contributed by atoms with Crippen molar-refractivity contribution in [2.24, 2.45) is 0 Å². The summed E-state index contributed by atoms with van der Waals surface area (Å²) in [6, 6.07) is 3.44. The van der Waals surface area contributed by atoms with E-state index in [9.17, 15) is 4.79 Å². The van der Waals surface area contributed by atoms with Crippen molar-refractivity contribution in [2.75, 3.05) is 13.1 Å². The smallest absolute Gasteiger partial charge is 0.265 e. The molecule has 1 aliphatic rings. The Morgan fingerprint density at radius 3 is 2.53 bits per heavy atom. The topological polar surface area (TPSA) is 20.3 Å². The van der Waals surface area contributed by atoms with Crippen LogP contribution in [0.5, 0.6) is 0 Å². The van der Waals surface area contributed by atoms with Crippen LogP contribution in [0.1, 0.15) is 22.5 Å². The van der Waals surface area contributed by atoms with Crippen molar-refractivity contribution < 1.29 is 4.79 Å². The Morgan fingerprint density at radius 1 is 1.16 bits per heavy atom. The summed E-state index contributed by atoms with van der Waals surface area (Å²) in [5.74, 6) is -0.00381. The van der Waals surface area contributed by atoms with Crippen LogP contribution >= 0.6 is 46.1 Å². The van der Waals surface area contributed by atoms with Crippen molar-refractivity contribution in [2.45, 2.75) is 12.8 Å². The number of fused-ring (bicyclic) bond motifs is 1. The minimum atomic E-state index is -0.00381. The van der Waals surface area contributed by atoms with E-state index < -0.39 is 0 Å². The molecule has 1 fully saturated rings. The van der Waals surface area contributed by atoms with E-state index in [2.05, 4.69) is 0 Å². The lowest BCUT2D eigenvalue weighted by Gasteiger charge is -2.13. The number of carbonyl (C=O) groups is 1. The van der Waals surface area contributed by atoms with Crippen LogP contribution in [0, 0.1) is 0 Å². The molecule has 1 aliphatic heterocycles. The molecule has 1 amide bonds. The molecule has 3 rings (SSSR count). The number of likely N-dealkylation sites (tertiary alicyclic amines) is 1. The fraction of sp³-hybridized carbons (Fsp3) is 0.308. The van der Waals surface area contributed by atoms with Gasteiger partial charge in [0, 0.05) is 28.2 Å². The van der Waals surface area contributed by atoms with Gasteiger partial charge in [-0.05, 0) is 25.0 Å². The van der Waals surface area contributed by atoms with Gasteiger partial charge in [0.05, 0.1) is 10.0 Å². The Bertz CT molecular complexity index is 661. The largest absolute Gasteiger partial charge is 0.338 e. The van der Waals surface area contributed by atoms with E-state index in [0.29, 0.717) is 19.9 Å². The van der Waals surface area contributed by atoms with Gasteiger partial charge in [-0.3, -0.25) is 4.79 Å². The van der Waals surface area contributed by atoms with E-state index in [0.717, 1.165) is 36.0 Å². The standard InChI is InChI=1S/C13H10Cl3NOS/c14-7-5-8(15)10-9(6-7)19-12(11(10)16)13(18)17-3-1-2-4-17/h5-6H,1-4H2. The summed E-state index contributed by atoms with van der Waals surface area (Å²) in [7, 11) is 0. The molecule has 0 unspecified atom stereocenters. The lowest BCUT2D eigenvalue weighted by molar-refractivity contribution is 0.0798. The summed E-state index contributed by atoms with van der Waals surface area (Å²) in [5, 5.41) is 2.21. The number of halogens is 3. The molecule has 2 nitrogen and oxygen atoms in total. The molecule has 2 heterocycles. The highest BCUT2D eigenvalue weighted by atomic mass is 35.5. The molecule has 0 saturated carbocycles. The third kappa shape index (κ3) is 2.33. The normalized spacial score (nSPS) is 15.4. The van der Waals surface area contributed by atoms with Gasteiger partial charge in [-0.1, -0.05) is 34.8 Å². The number of nitrogens with zero attached hydrogens (tertiary/aromatic N) is 1. The number of rotatable bonds is 1. The van der Waals surface area contributed by atoms with Crippen LogP contribution in [-0.2, 0) is 0 Å². The molecule has 6 heteroatoms. The third-order valence-electron chi connectivity index (χ3n) is 3.24. The molecule has 0 bridgehead atoms. The second-order valence-corrected chi connectivity index (χ2v) is 6.78. The second kappa shape index (κ2) is 5.13. The molecular formula is C13H10Cl3NOS. The van der Waals surface area contributed by atoms with Gasteiger partial charge >= 0.3 is 0 Å². The number of benzene rings is 1. The van der Waals surface area contributed by atoms with Crippen molar-refractivity contribution >= 4 is 62.1 Å². The summed E-state index contributed by atoms with van der Waals surface area (Å²) in [5.41, 5.74) is 0. The van der Waals surface area contributed by atoms with Crippen molar-refractivity contribution in [1.82, 2.24) is 4.90 Å². The van der Waals surface area contributed by atoms with Gasteiger partial charge in [-0.25, -0.2) is 0 Å². The summed E-state index contributed by atoms with van der Waals surface area (Å²) < 4.78 is 0.852. The summed E-state index contributed by atoms with van der Waals surface area (Å²) in [6.07, 6.45) is 2.11. The first-order chi connectivity index (χ1) is 9.08. The van der Waals surface area contributed by atoms with Crippen LogP contribution in [0.2, 0.25) is 15.1 Å². The molecule has 100 valence electrons. The second-order valence-electron chi connectivity index (χ2n) is 4.51. The molecule has 0 radical (unpaired) electrons. The molecule has 0 N–H and O–H groups in total. The Hall–Kier alpha value is -0.480. The average molecular weight is 335 g/mol. The zero-order valence-corrected chi connectivity index (χ0v) is 13.0. The number of hydrogen-bond donors (Lipinski definition) is 0. The van der Waals surface area contributed by atoms with E-state index in [1.54, 1.807) is 12.1 Å². The molecule has 19 heavy (non-hydrogen) atoms. The molecule has 1 aromatic heterocycles. The lowest BCUT2D eigenvalue weighted by atomic mass is 10.2. The summed E-state index contributed by atoms with van der Waals surface area (Å²) >= 11 is 19.8. The van der Waals surface area contributed by atoms with Gasteiger partial charge in [0.2, 0.25) is 0 Å². The van der Waals surface area contributed by atoms with E-state index in [1.807, 2.05) is 4.90 Å². The maximum absolute atomic E-state index is 12.4. The third-order valence-corrected chi connectivity index (χ3v) is 5.37. The Morgan fingerprint density at radius 2 is 1.84 bits per heavy atom. The fourth-order valence-electron chi connectivity index (χ4n) is 2.31. The first-order valence-electron chi connectivity index (χ1n) is 5.94. The number of amides is 1. The monoisotopic (exact) mass is 333 g/mol. The Kier molecular flexibility index (Phi) is 3.65. The van der Waals surface area contributed by atoms with E-state index in [-0.39, 0.29) is 5.91 Å². The highest BCUT2D eigenvalue weighted by Crippen LogP contribution is 2.41. The first-order valence-corrected chi connectivity index (χ1v) is 7.89. The number of carbonyl (C=O) groups excluding carboxylic acids is 1. The van der Waals surface area contributed by atoms with Crippen LogP contribution in [0.3, 0.4) is 0 Å². The van der Waals surface area contributed by atoms with Gasteiger partial charge in [-0.15, -0.1) is 11.3 Å². The molecule has 1 saturated heterocycles. The zero-order chi connectivity index (χ0) is 13.6. The van der Waals surface area contributed by atoms with Crippen LogP contribution < -0.4 is 0 Å².